The minimum Gasteiger partial charge on any atom is -0.349 e. The summed E-state index contributed by atoms with van der Waals surface area (Å²) >= 11 is 0. The quantitative estimate of drug-likeness (QED) is 0.218. The van der Waals surface area contributed by atoms with Crippen LogP contribution in [0.25, 0.3) is 22.4 Å². The van der Waals surface area contributed by atoms with E-state index in [4.69, 9.17) is 9.82 Å². The van der Waals surface area contributed by atoms with E-state index in [0.29, 0.717) is 22.6 Å². The molecular formula is C30H33N5O3. The summed E-state index contributed by atoms with van der Waals surface area (Å²) in [4.78, 5) is 38.4. The minimum atomic E-state index is -0.198. The summed E-state index contributed by atoms with van der Waals surface area (Å²) < 4.78 is 0. The van der Waals surface area contributed by atoms with Gasteiger partial charge in [-0.25, -0.2) is 4.98 Å². The smallest absolute Gasteiger partial charge is 0.255 e. The van der Waals surface area contributed by atoms with E-state index in [1.807, 2.05) is 42.5 Å². The number of H-pyrrole nitrogens is 1. The van der Waals surface area contributed by atoms with Crippen molar-refractivity contribution in [3.8, 4) is 11.4 Å². The van der Waals surface area contributed by atoms with Crippen molar-refractivity contribution >= 4 is 34.2 Å². The van der Waals surface area contributed by atoms with Gasteiger partial charge in [0, 0.05) is 28.4 Å². The van der Waals surface area contributed by atoms with Crippen LogP contribution >= 0.6 is 0 Å². The normalized spacial score (nSPS) is 14.4. The Kier molecular flexibility index (Phi) is 7.99. The third kappa shape index (κ3) is 6.20. The van der Waals surface area contributed by atoms with Crippen molar-refractivity contribution in [1.82, 2.24) is 15.3 Å². The van der Waals surface area contributed by atoms with Crippen molar-refractivity contribution in [1.29, 1.82) is 0 Å². The van der Waals surface area contributed by atoms with Crippen LogP contribution in [0.5, 0.6) is 0 Å². The Balaban J connectivity index is 1.24. The monoisotopic (exact) mass is 511 g/mol. The van der Waals surface area contributed by atoms with Gasteiger partial charge in [-0.15, -0.1) is 0 Å². The maximum Gasteiger partial charge on any atom is 0.255 e. The minimum absolute atomic E-state index is 0.0293. The number of fused-ring (bicyclic) bond motifs is 1. The lowest BCUT2D eigenvalue weighted by Crippen LogP contribution is -2.35. The van der Waals surface area contributed by atoms with Crippen LogP contribution in [0.2, 0.25) is 0 Å². The van der Waals surface area contributed by atoms with E-state index in [1.54, 1.807) is 24.3 Å². The maximum atomic E-state index is 12.9. The average Bonchev–Trinajstić information content (AvgIpc) is 3.34. The van der Waals surface area contributed by atoms with Crippen LogP contribution in [0.3, 0.4) is 0 Å². The van der Waals surface area contributed by atoms with Crippen LogP contribution in [0, 0.1) is 0 Å². The van der Waals surface area contributed by atoms with Crippen molar-refractivity contribution in [3.05, 3.63) is 77.9 Å². The summed E-state index contributed by atoms with van der Waals surface area (Å²) in [5.74, 6) is 0.477. The molecule has 196 valence electrons. The van der Waals surface area contributed by atoms with Gasteiger partial charge in [0.05, 0.1) is 23.8 Å². The lowest BCUT2D eigenvalue weighted by atomic mass is 9.96. The summed E-state index contributed by atoms with van der Waals surface area (Å²) in [6, 6.07) is 20.3. The molecule has 0 atom stereocenters. The second-order valence-electron chi connectivity index (χ2n) is 9.75. The number of anilines is 2. The Bertz CT molecular complexity index is 1390. The average molecular weight is 512 g/mol. The van der Waals surface area contributed by atoms with Gasteiger partial charge in [-0.2, -0.15) is 0 Å². The van der Waals surface area contributed by atoms with Crippen molar-refractivity contribution < 1.29 is 14.4 Å². The Hall–Kier alpha value is -4.17. The fraction of sp³-hybridized carbons (Fsp3) is 0.300. The molecule has 8 nitrogen and oxygen atoms in total. The molecular weight excluding hydrogens is 478 g/mol. The number of aromatic nitrogens is 2. The van der Waals surface area contributed by atoms with Crippen molar-refractivity contribution in [3.63, 3.8) is 0 Å². The summed E-state index contributed by atoms with van der Waals surface area (Å²) in [7, 11) is 1.53. The fourth-order valence-corrected chi connectivity index (χ4v) is 4.88. The van der Waals surface area contributed by atoms with Gasteiger partial charge in [0.1, 0.15) is 5.82 Å². The molecule has 1 aliphatic rings. The third-order valence-electron chi connectivity index (χ3n) is 6.97. The van der Waals surface area contributed by atoms with Crippen LogP contribution in [0.4, 0.5) is 11.4 Å². The van der Waals surface area contributed by atoms with Gasteiger partial charge in [0.15, 0.2) is 0 Å². The largest absolute Gasteiger partial charge is 0.349 e. The van der Waals surface area contributed by atoms with Crippen molar-refractivity contribution in [2.75, 3.05) is 17.9 Å². The highest BCUT2D eigenvalue weighted by atomic mass is 16.6. The van der Waals surface area contributed by atoms with Crippen LogP contribution in [0.15, 0.2) is 66.7 Å². The number of carbonyl (C=O) groups is 2. The van der Waals surface area contributed by atoms with E-state index >= 15 is 0 Å². The molecule has 0 bridgehead atoms. The molecule has 0 aliphatic heterocycles. The first-order valence-corrected chi connectivity index (χ1v) is 13.2. The summed E-state index contributed by atoms with van der Waals surface area (Å²) in [6.07, 6.45) is 8.27. The molecule has 5 rings (SSSR count). The summed E-state index contributed by atoms with van der Waals surface area (Å²) in [5.41, 5.74) is 7.85. The second kappa shape index (κ2) is 11.9. The van der Waals surface area contributed by atoms with Gasteiger partial charge < -0.3 is 15.6 Å². The number of rotatable bonds is 7. The zero-order chi connectivity index (χ0) is 26.3. The SMILES string of the molecule is CONc1ccc(C(=O)Nc2ccc(-c3nc4ccc(C(=O)NC5CCCCCCC5)cc4[nH]3)cc2)cc1. The Labute approximate surface area is 222 Å². The number of carbonyl (C=O) groups excluding carboxylic acids is 2. The standard InChI is InChI=1S/C30H33N5O3/c1-38-35-25-16-11-21(12-17-25)29(36)32-24-14-9-20(10-15-24)28-33-26-18-13-22(19-27(26)34-28)30(37)31-23-7-5-3-2-4-6-8-23/h9-19,23,35H,2-8H2,1H3,(H,31,37)(H,32,36)(H,33,34). The van der Waals surface area contributed by atoms with E-state index < -0.39 is 0 Å². The molecule has 38 heavy (non-hydrogen) atoms. The predicted octanol–water partition coefficient (Wildman–Crippen LogP) is 6.30. The number of aromatic amines is 1. The first kappa shape index (κ1) is 25.5. The van der Waals surface area contributed by atoms with Crippen LogP contribution in [-0.2, 0) is 4.84 Å². The van der Waals surface area contributed by atoms with Gasteiger partial charge in [0.25, 0.3) is 11.8 Å². The molecule has 3 aromatic carbocycles. The van der Waals surface area contributed by atoms with Gasteiger partial charge >= 0.3 is 0 Å². The molecule has 1 heterocycles. The number of nitrogens with one attached hydrogen (secondary N) is 4. The first-order valence-electron chi connectivity index (χ1n) is 13.2. The molecule has 1 saturated carbocycles. The predicted molar refractivity (Wildman–Crippen MR) is 150 cm³/mol. The summed E-state index contributed by atoms with van der Waals surface area (Å²) in [5, 5.41) is 6.14. The zero-order valence-electron chi connectivity index (χ0n) is 21.5. The Morgan fingerprint density at radius 2 is 1.47 bits per heavy atom. The Morgan fingerprint density at radius 1 is 0.816 bits per heavy atom. The van der Waals surface area contributed by atoms with E-state index in [2.05, 4.69) is 21.1 Å². The third-order valence-corrected chi connectivity index (χ3v) is 6.97. The highest BCUT2D eigenvalue weighted by Gasteiger charge is 2.16. The van der Waals surface area contributed by atoms with E-state index in [-0.39, 0.29) is 17.9 Å². The fourth-order valence-electron chi connectivity index (χ4n) is 4.88. The number of nitrogens with zero attached hydrogens (tertiary/aromatic N) is 1. The topological polar surface area (TPSA) is 108 Å². The summed E-state index contributed by atoms with van der Waals surface area (Å²) in [6.45, 7) is 0. The van der Waals surface area contributed by atoms with E-state index in [1.165, 1.54) is 39.2 Å². The molecule has 4 aromatic rings. The first-order chi connectivity index (χ1) is 18.6. The molecule has 1 aliphatic carbocycles. The van der Waals surface area contributed by atoms with Gasteiger partial charge in [-0.3, -0.25) is 19.9 Å². The van der Waals surface area contributed by atoms with E-state index in [9.17, 15) is 9.59 Å². The molecule has 2 amide bonds. The molecule has 0 saturated heterocycles. The molecule has 0 radical (unpaired) electrons. The van der Waals surface area contributed by atoms with Crippen LogP contribution < -0.4 is 16.1 Å². The van der Waals surface area contributed by atoms with Gasteiger partial charge in [-0.1, -0.05) is 32.1 Å². The van der Waals surface area contributed by atoms with Crippen molar-refractivity contribution in [2.45, 2.75) is 51.0 Å². The molecule has 0 unspecified atom stereocenters. The molecule has 1 fully saturated rings. The number of imidazole rings is 1. The molecule has 0 spiro atoms. The molecule has 1 aromatic heterocycles. The lowest BCUT2D eigenvalue weighted by Gasteiger charge is -2.21. The van der Waals surface area contributed by atoms with Gasteiger partial charge in [-0.05, 0) is 79.6 Å². The van der Waals surface area contributed by atoms with Gasteiger partial charge in [0.2, 0.25) is 0 Å². The molecule has 4 N–H and O–H groups in total. The highest BCUT2D eigenvalue weighted by molar-refractivity contribution is 6.04. The van der Waals surface area contributed by atoms with Crippen LogP contribution in [0.1, 0.15) is 65.7 Å². The second-order valence-corrected chi connectivity index (χ2v) is 9.75. The highest BCUT2D eigenvalue weighted by Crippen LogP contribution is 2.24. The lowest BCUT2D eigenvalue weighted by molar-refractivity contribution is 0.0930. The molecule has 8 heteroatoms. The van der Waals surface area contributed by atoms with Crippen LogP contribution in [-0.4, -0.2) is 34.9 Å². The number of amides is 2. The number of hydrogen-bond acceptors (Lipinski definition) is 5. The zero-order valence-corrected chi connectivity index (χ0v) is 21.5. The van der Waals surface area contributed by atoms with E-state index in [0.717, 1.165) is 35.1 Å². The maximum absolute atomic E-state index is 12.9. The van der Waals surface area contributed by atoms with Crippen molar-refractivity contribution in [2.24, 2.45) is 0 Å². The number of benzene rings is 3. The Morgan fingerprint density at radius 3 is 2.18 bits per heavy atom. The number of hydrogen-bond donors (Lipinski definition) is 4.